The highest BCUT2D eigenvalue weighted by molar-refractivity contribution is 5.94. The van der Waals surface area contributed by atoms with Gasteiger partial charge in [0.1, 0.15) is 17.3 Å². The Morgan fingerprint density at radius 2 is 1.62 bits per heavy atom. The van der Waals surface area contributed by atoms with Crippen LogP contribution >= 0.6 is 0 Å². The standard InChI is InChI=1S/C31H27F2NO6/c1-2-39-30(37)22-16-34(20-13-14-20)27-21(28(22)36)15-24(32)25(26(27)33)23(17-35)31(38)40-29(18-9-5-3-6-10-18)19-11-7-4-8-12-19/h3-12,15-16,20,23,29,35H,2,13-14,17H2,1H3. The van der Waals surface area contributed by atoms with E-state index < -0.39 is 53.2 Å². The zero-order valence-electron chi connectivity index (χ0n) is 21.7. The molecule has 206 valence electrons. The average molecular weight is 548 g/mol. The van der Waals surface area contributed by atoms with Crippen molar-refractivity contribution in [2.24, 2.45) is 0 Å². The predicted molar refractivity (Wildman–Crippen MR) is 143 cm³/mol. The Balaban J connectivity index is 1.60. The molecular weight excluding hydrogens is 520 g/mol. The molecule has 5 rings (SSSR count). The molecule has 1 aliphatic rings. The predicted octanol–water partition coefficient (Wildman–Crippen LogP) is 5.20. The third-order valence-electron chi connectivity index (χ3n) is 6.93. The lowest BCUT2D eigenvalue weighted by Crippen LogP contribution is -2.26. The number of benzene rings is 3. The molecule has 1 atom stereocenters. The van der Waals surface area contributed by atoms with E-state index in [1.807, 2.05) is 0 Å². The number of ether oxygens (including phenoxy) is 2. The summed E-state index contributed by atoms with van der Waals surface area (Å²) < 4.78 is 43.9. The summed E-state index contributed by atoms with van der Waals surface area (Å²) in [6, 6.07) is 18.3. The van der Waals surface area contributed by atoms with Gasteiger partial charge in [-0.2, -0.15) is 0 Å². The molecular formula is C31H27F2NO6. The minimum atomic E-state index is -1.72. The minimum absolute atomic E-state index is 0.0225. The zero-order valence-corrected chi connectivity index (χ0v) is 21.7. The van der Waals surface area contributed by atoms with Crippen molar-refractivity contribution in [3.63, 3.8) is 0 Å². The number of aliphatic hydroxyl groups is 1. The second-order valence-electron chi connectivity index (χ2n) is 9.59. The molecule has 1 fully saturated rings. The lowest BCUT2D eigenvalue weighted by Gasteiger charge is -2.23. The molecule has 9 heteroatoms. The number of fused-ring (bicyclic) bond motifs is 1. The molecule has 40 heavy (non-hydrogen) atoms. The molecule has 1 aliphatic carbocycles. The lowest BCUT2D eigenvalue weighted by molar-refractivity contribution is -0.150. The van der Waals surface area contributed by atoms with Gasteiger partial charge in [0.2, 0.25) is 5.43 Å². The molecule has 4 aromatic rings. The average Bonchev–Trinajstić information content (AvgIpc) is 3.81. The molecule has 1 unspecified atom stereocenters. The van der Waals surface area contributed by atoms with Gasteiger partial charge in [0.15, 0.2) is 11.9 Å². The summed E-state index contributed by atoms with van der Waals surface area (Å²) in [7, 11) is 0. The van der Waals surface area contributed by atoms with Crippen molar-refractivity contribution in [3.8, 4) is 0 Å². The Bertz CT molecular complexity index is 1580. The van der Waals surface area contributed by atoms with Crippen LogP contribution in [0.4, 0.5) is 8.78 Å². The van der Waals surface area contributed by atoms with Crippen molar-refractivity contribution in [2.45, 2.75) is 37.8 Å². The maximum atomic E-state index is 16.2. The van der Waals surface area contributed by atoms with E-state index in [1.165, 1.54) is 10.8 Å². The SMILES string of the molecule is CCOC(=O)c1cn(C2CC2)c2c(F)c(C(CO)C(=O)OC(c3ccccc3)c3ccccc3)c(F)cc2c1=O. The first-order valence-electron chi connectivity index (χ1n) is 13.0. The second kappa shape index (κ2) is 11.4. The van der Waals surface area contributed by atoms with Crippen LogP contribution in [0, 0.1) is 11.6 Å². The molecule has 0 saturated heterocycles. The fraction of sp³-hybridized carbons (Fsp3) is 0.258. The summed E-state index contributed by atoms with van der Waals surface area (Å²) in [6.45, 7) is 0.663. The Kier molecular flexibility index (Phi) is 7.75. The largest absolute Gasteiger partial charge is 0.462 e. The molecule has 0 amide bonds. The number of pyridine rings is 1. The molecule has 0 radical (unpaired) electrons. The van der Waals surface area contributed by atoms with Gasteiger partial charge < -0.3 is 19.1 Å². The Labute approximate surface area is 228 Å². The van der Waals surface area contributed by atoms with Crippen molar-refractivity contribution in [1.29, 1.82) is 0 Å². The Morgan fingerprint density at radius 3 is 2.15 bits per heavy atom. The summed E-state index contributed by atoms with van der Waals surface area (Å²) in [4.78, 5) is 38.9. The summed E-state index contributed by atoms with van der Waals surface area (Å²) in [5.74, 6) is -6.02. The monoisotopic (exact) mass is 547 g/mol. The van der Waals surface area contributed by atoms with Crippen LogP contribution in [-0.4, -0.2) is 34.8 Å². The van der Waals surface area contributed by atoms with Crippen LogP contribution in [0.5, 0.6) is 0 Å². The van der Waals surface area contributed by atoms with Gasteiger partial charge in [-0.25, -0.2) is 13.6 Å². The number of aromatic nitrogens is 1. The summed E-state index contributed by atoms with van der Waals surface area (Å²) >= 11 is 0. The van der Waals surface area contributed by atoms with Gasteiger partial charge >= 0.3 is 11.9 Å². The number of carbonyl (C=O) groups excluding carboxylic acids is 2. The molecule has 0 aliphatic heterocycles. The van der Waals surface area contributed by atoms with Gasteiger partial charge in [0, 0.05) is 17.8 Å². The first kappa shape index (κ1) is 27.2. The van der Waals surface area contributed by atoms with Crippen molar-refractivity contribution >= 4 is 22.8 Å². The molecule has 0 spiro atoms. The number of nitrogens with zero attached hydrogens (tertiary/aromatic N) is 1. The molecule has 1 heterocycles. The van der Waals surface area contributed by atoms with Crippen molar-refractivity contribution in [2.75, 3.05) is 13.2 Å². The number of hydrogen-bond donors (Lipinski definition) is 1. The molecule has 0 bridgehead atoms. The summed E-state index contributed by atoms with van der Waals surface area (Å²) in [5, 5.41) is 9.83. The normalized spacial score (nSPS) is 13.8. The molecule has 1 saturated carbocycles. The van der Waals surface area contributed by atoms with Gasteiger partial charge in [-0.15, -0.1) is 0 Å². The number of esters is 2. The highest BCUT2D eigenvalue weighted by Gasteiger charge is 2.35. The fourth-order valence-electron chi connectivity index (χ4n) is 4.84. The van der Waals surface area contributed by atoms with Crippen LogP contribution in [0.25, 0.3) is 10.9 Å². The van der Waals surface area contributed by atoms with E-state index in [-0.39, 0.29) is 29.1 Å². The number of rotatable bonds is 9. The Hall–Kier alpha value is -4.37. The molecule has 3 aromatic carbocycles. The van der Waals surface area contributed by atoms with Gasteiger partial charge in [-0.1, -0.05) is 60.7 Å². The van der Waals surface area contributed by atoms with Crippen LogP contribution in [0.3, 0.4) is 0 Å². The zero-order chi connectivity index (χ0) is 28.4. The van der Waals surface area contributed by atoms with Crippen molar-refractivity contribution < 1.29 is 33.0 Å². The smallest absolute Gasteiger partial charge is 0.343 e. The second-order valence-corrected chi connectivity index (χ2v) is 9.59. The highest BCUT2D eigenvalue weighted by Crippen LogP contribution is 2.39. The first-order valence-corrected chi connectivity index (χ1v) is 13.0. The third-order valence-corrected chi connectivity index (χ3v) is 6.93. The number of carbonyl (C=O) groups is 2. The van der Waals surface area contributed by atoms with Gasteiger partial charge in [0.05, 0.1) is 24.1 Å². The van der Waals surface area contributed by atoms with E-state index in [9.17, 15) is 19.5 Å². The third kappa shape index (κ3) is 5.12. The molecule has 1 N–H and O–H groups in total. The van der Waals surface area contributed by atoms with E-state index in [2.05, 4.69) is 0 Å². The highest BCUT2D eigenvalue weighted by atomic mass is 19.1. The fourth-order valence-corrected chi connectivity index (χ4v) is 4.84. The quantitative estimate of drug-likeness (QED) is 0.290. The summed E-state index contributed by atoms with van der Waals surface area (Å²) in [5.41, 5.74) is -0.909. The number of hydrogen-bond acceptors (Lipinski definition) is 6. The molecule has 1 aromatic heterocycles. The topological polar surface area (TPSA) is 94.8 Å². The van der Waals surface area contributed by atoms with Gasteiger partial charge in [-0.05, 0) is 37.0 Å². The summed E-state index contributed by atoms with van der Waals surface area (Å²) in [6.07, 6.45) is 1.65. The first-order chi connectivity index (χ1) is 19.3. The van der Waals surface area contributed by atoms with Gasteiger partial charge in [0.25, 0.3) is 0 Å². The van der Waals surface area contributed by atoms with E-state index in [0.29, 0.717) is 24.0 Å². The van der Waals surface area contributed by atoms with Crippen molar-refractivity contribution in [3.05, 3.63) is 117 Å². The Morgan fingerprint density at radius 1 is 1.02 bits per heavy atom. The lowest BCUT2D eigenvalue weighted by atomic mass is 9.95. The maximum absolute atomic E-state index is 16.2. The van der Waals surface area contributed by atoms with Crippen LogP contribution in [-0.2, 0) is 14.3 Å². The van der Waals surface area contributed by atoms with E-state index >= 15 is 8.78 Å². The number of halogens is 2. The van der Waals surface area contributed by atoms with E-state index in [4.69, 9.17) is 9.47 Å². The van der Waals surface area contributed by atoms with Gasteiger partial charge in [-0.3, -0.25) is 9.59 Å². The van der Waals surface area contributed by atoms with Crippen LogP contribution in [0.2, 0.25) is 0 Å². The van der Waals surface area contributed by atoms with Crippen LogP contribution < -0.4 is 5.43 Å². The van der Waals surface area contributed by atoms with E-state index in [0.717, 1.165) is 6.07 Å². The van der Waals surface area contributed by atoms with Crippen LogP contribution in [0.15, 0.2) is 77.7 Å². The van der Waals surface area contributed by atoms with E-state index in [1.54, 1.807) is 67.6 Å². The van der Waals surface area contributed by atoms with Crippen molar-refractivity contribution in [1.82, 2.24) is 4.57 Å². The number of aliphatic hydroxyl groups excluding tert-OH is 1. The van der Waals surface area contributed by atoms with Crippen LogP contribution in [0.1, 0.15) is 64.9 Å². The molecule has 7 nitrogen and oxygen atoms in total. The minimum Gasteiger partial charge on any atom is -0.462 e. The maximum Gasteiger partial charge on any atom is 0.343 e.